The van der Waals surface area contributed by atoms with E-state index in [1.165, 1.54) is 24.3 Å². The summed E-state index contributed by atoms with van der Waals surface area (Å²) in [5, 5.41) is 12.1. The van der Waals surface area contributed by atoms with Gasteiger partial charge >= 0.3 is 0 Å². The Morgan fingerprint density at radius 2 is 1.87 bits per heavy atom. The molecule has 0 atom stereocenters. The Morgan fingerprint density at radius 3 is 2.53 bits per heavy atom. The first kappa shape index (κ1) is 21.6. The van der Waals surface area contributed by atoms with Crippen LogP contribution >= 0.6 is 27.5 Å². The molecule has 3 aromatic rings. The van der Waals surface area contributed by atoms with Crippen LogP contribution in [0.4, 0.5) is 10.1 Å². The van der Waals surface area contributed by atoms with Crippen LogP contribution < -0.4 is 10.1 Å². The molecule has 0 bridgehead atoms. The first-order valence-corrected chi connectivity index (χ1v) is 9.98. The summed E-state index contributed by atoms with van der Waals surface area (Å²) in [6, 6.07) is 20.4. The number of rotatable bonds is 6. The van der Waals surface area contributed by atoms with E-state index in [0.717, 1.165) is 5.56 Å². The summed E-state index contributed by atoms with van der Waals surface area (Å²) >= 11 is 9.75. The van der Waals surface area contributed by atoms with E-state index in [0.29, 0.717) is 27.4 Å². The molecule has 3 rings (SSSR count). The van der Waals surface area contributed by atoms with Gasteiger partial charge in [-0.05, 0) is 57.4 Å². The molecule has 0 aliphatic heterocycles. The Morgan fingerprint density at radius 1 is 1.17 bits per heavy atom. The molecule has 7 heteroatoms. The van der Waals surface area contributed by atoms with Gasteiger partial charge in [-0.3, -0.25) is 4.79 Å². The predicted molar refractivity (Wildman–Crippen MR) is 119 cm³/mol. The van der Waals surface area contributed by atoms with E-state index in [4.69, 9.17) is 16.3 Å². The quantitative estimate of drug-likeness (QED) is 0.326. The van der Waals surface area contributed by atoms with Crippen LogP contribution in [0.5, 0.6) is 5.75 Å². The zero-order chi connectivity index (χ0) is 21.5. The van der Waals surface area contributed by atoms with Crippen molar-refractivity contribution < 1.29 is 13.9 Å². The maximum Gasteiger partial charge on any atom is 0.266 e. The van der Waals surface area contributed by atoms with Crippen LogP contribution in [0, 0.1) is 17.1 Å². The largest absolute Gasteiger partial charge is 0.486 e. The highest BCUT2D eigenvalue weighted by Gasteiger charge is 2.14. The molecule has 0 aliphatic carbocycles. The molecule has 0 aliphatic rings. The van der Waals surface area contributed by atoms with Crippen molar-refractivity contribution in [3.63, 3.8) is 0 Å². The summed E-state index contributed by atoms with van der Waals surface area (Å²) in [5.74, 6) is -0.861. The van der Waals surface area contributed by atoms with Crippen molar-refractivity contribution in [2.75, 3.05) is 5.32 Å². The Balaban J connectivity index is 1.79. The third-order valence-electron chi connectivity index (χ3n) is 4.04. The van der Waals surface area contributed by atoms with Crippen molar-refractivity contribution in [3.8, 4) is 11.8 Å². The van der Waals surface area contributed by atoms with E-state index in [-0.39, 0.29) is 11.3 Å². The van der Waals surface area contributed by atoms with Gasteiger partial charge in [0.1, 0.15) is 24.1 Å². The molecule has 1 amide bonds. The number of hydrogen-bond donors (Lipinski definition) is 1. The molecule has 1 N–H and O–H groups in total. The molecular formula is C23H15BrClFN2O2. The number of halogens is 3. The summed E-state index contributed by atoms with van der Waals surface area (Å²) in [4.78, 5) is 12.4. The SMILES string of the molecule is N#C/C(=C/c1cc(Cl)c(OCc2ccccc2)c(Br)c1)C(=O)Nc1ccccc1F. The average Bonchev–Trinajstić information content (AvgIpc) is 2.73. The molecule has 0 radical (unpaired) electrons. The van der Waals surface area contributed by atoms with E-state index < -0.39 is 11.7 Å². The van der Waals surface area contributed by atoms with Gasteiger partial charge in [-0.2, -0.15) is 5.26 Å². The third kappa shape index (κ3) is 5.47. The lowest BCUT2D eigenvalue weighted by Crippen LogP contribution is -2.14. The summed E-state index contributed by atoms with van der Waals surface area (Å²) in [7, 11) is 0. The fourth-order valence-electron chi connectivity index (χ4n) is 2.60. The van der Waals surface area contributed by atoms with Crippen LogP contribution in [0.1, 0.15) is 11.1 Å². The van der Waals surface area contributed by atoms with Crippen molar-refractivity contribution in [3.05, 3.63) is 98.7 Å². The van der Waals surface area contributed by atoms with Gasteiger partial charge in [0.05, 0.1) is 15.2 Å². The monoisotopic (exact) mass is 484 g/mol. The molecule has 0 saturated heterocycles. The van der Waals surface area contributed by atoms with Gasteiger partial charge in [0.15, 0.2) is 5.75 Å². The average molecular weight is 486 g/mol. The predicted octanol–water partition coefficient (Wildman–Crippen LogP) is 6.37. The minimum atomic E-state index is -0.723. The van der Waals surface area contributed by atoms with Gasteiger partial charge in [-0.15, -0.1) is 0 Å². The number of nitriles is 1. The molecule has 0 unspecified atom stereocenters. The first-order chi connectivity index (χ1) is 14.5. The van der Waals surface area contributed by atoms with Gasteiger partial charge in [0.2, 0.25) is 0 Å². The van der Waals surface area contributed by atoms with Gasteiger partial charge in [0, 0.05) is 0 Å². The molecule has 3 aromatic carbocycles. The normalized spacial score (nSPS) is 10.9. The highest BCUT2D eigenvalue weighted by atomic mass is 79.9. The van der Waals surface area contributed by atoms with Crippen LogP contribution in [0.2, 0.25) is 5.02 Å². The molecular weight excluding hydrogens is 471 g/mol. The van der Waals surface area contributed by atoms with E-state index in [9.17, 15) is 14.4 Å². The van der Waals surface area contributed by atoms with E-state index >= 15 is 0 Å². The van der Waals surface area contributed by atoms with Gasteiger partial charge in [0.25, 0.3) is 5.91 Å². The van der Waals surface area contributed by atoms with Gasteiger partial charge in [-0.1, -0.05) is 54.1 Å². The van der Waals surface area contributed by atoms with Crippen LogP contribution in [0.15, 0.2) is 76.8 Å². The smallest absolute Gasteiger partial charge is 0.266 e. The molecule has 0 aromatic heterocycles. The van der Waals surface area contributed by atoms with E-state index in [1.54, 1.807) is 18.2 Å². The maximum atomic E-state index is 13.7. The molecule has 150 valence electrons. The van der Waals surface area contributed by atoms with Crippen molar-refractivity contribution in [2.45, 2.75) is 6.61 Å². The summed E-state index contributed by atoms with van der Waals surface area (Å²) < 4.78 is 20.1. The number of nitrogens with one attached hydrogen (secondary N) is 1. The molecule has 0 fully saturated rings. The summed E-state index contributed by atoms with van der Waals surface area (Å²) in [6.07, 6.45) is 1.37. The zero-order valence-corrected chi connectivity index (χ0v) is 17.9. The fourth-order valence-corrected chi connectivity index (χ4v) is 3.59. The highest BCUT2D eigenvalue weighted by Crippen LogP contribution is 2.35. The Hall–Kier alpha value is -3.14. The maximum absolute atomic E-state index is 13.7. The van der Waals surface area contributed by atoms with Crippen LogP contribution in [0.3, 0.4) is 0 Å². The number of carbonyl (C=O) groups excluding carboxylic acids is 1. The van der Waals surface area contributed by atoms with Crippen LogP contribution in [0.25, 0.3) is 6.08 Å². The lowest BCUT2D eigenvalue weighted by atomic mass is 10.1. The number of amides is 1. The van der Waals surface area contributed by atoms with Gasteiger partial charge < -0.3 is 10.1 Å². The lowest BCUT2D eigenvalue weighted by molar-refractivity contribution is -0.112. The van der Waals surface area contributed by atoms with E-state index in [2.05, 4.69) is 21.2 Å². The molecule has 30 heavy (non-hydrogen) atoms. The number of carbonyl (C=O) groups is 1. The van der Waals surface area contributed by atoms with Crippen LogP contribution in [-0.4, -0.2) is 5.91 Å². The number of benzene rings is 3. The Kier molecular flexibility index (Phi) is 7.23. The number of ether oxygens (including phenoxy) is 1. The number of para-hydroxylation sites is 1. The van der Waals surface area contributed by atoms with Crippen molar-refractivity contribution >= 4 is 45.2 Å². The second-order valence-corrected chi connectivity index (χ2v) is 7.45. The molecule has 4 nitrogen and oxygen atoms in total. The Labute approximate surface area is 186 Å². The molecule has 0 spiro atoms. The number of hydrogen-bond acceptors (Lipinski definition) is 3. The van der Waals surface area contributed by atoms with Crippen molar-refractivity contribution in [1.82, 2.24) is 0 Å². The van der Waals surface area contributed by atoms with Crippen molar-refractivity contribution in [2.24, 2.45) is 0 Å². The Bertz CT molecular complexity index is 1120. The molecule has 0 saturated carbocycles. The second kappa shape index (κ2) is 10.1. The standard InChI is InChI=1S/C23H15BrClFN2O2/c24-18-11-16(12-19(25)22(18)30-14-15-6-2-1-3-7-15)10-17(13-27)23(29)28-21-9-5-4-8-20(21)26/h1-12H,14H2,(H,28,29)/b17-10-. The van der Waals surface area contributed by atoms with E-state index in [1.807, 2.05) is 36.4 Å². The number of nitrogens with zero attached hydrogens (tertiary/aromatic N) is 1. The summed E-state index contributed by atoms with van der Waals surface area (Å²) in [6.45, 7) is 0.336. The molecule has 0 heterocycles. The minimum absolute atomic E-state index is 0.00692. The second-order valence-electron chi connectivity index (χ2n) is 6.19. The topological polar surface area (TPSA) is 62.1 Å². The highest BCUT2D eigenvalue weighted by molar-refractivity contribution is 9.10. The zero-order valence-electron chi connectivity index (χ0n) is 15.5. The minimum Gasteiger partial charge on any atom is -0.486 e. The summed E-state index contributed by atoms with van der Waals surface area (Å²) in [5.41, 5.74) is 1.30. The third-order valence-corrected chi connectivity index (χ3v) is 4.91. The van der Waals surface area contributed by atoms with Crippen molar-refractivity contribution in [1.29, 1.82) is 5.26 Å². The van der Waals surface area contributed by atoms with Gasteiger partial charge in [-0.25, -0.2) is 4.39 Å². The lowest BCUT2D eigenvalue weighted by Gasteiger charge is -2.11. The fraction of sp³-hybridized carbons (Fsp3) is 0.0435. The van der Waals surface area contributed by atoms with Crippen LogP contribution in [-0.2, 0) is 11.4 Å². The number of anilines is 1. The first-order valence-electron chi connectivity index (χ1n) is 8.81.